The van der Waals surface area contributed by atoms with Crippen LogP contribution in [0.3, 0.4) is 0 Å². The van der Waals surface area contributed by atoms with E-state index in [1.54, 1.807) is 6.92 Å². The van der Waals surface area contributed by atoms with Crippen molar-refractivity contribution >= 4 is 5.90 Å². The second-order valence-electron chi connectivity index (χ2n) is 7.25. The first-order valence-electron chi connectivity index (χ1n) is 9.19. The van der Waals surface area contributed by atoms with Gasteiger partial charge in [0.2, 0.25) is 11.7 Å². The van der Waals surface area contributed by atoms with Crippen LogP contribution in [0.4, 0.5) is 0 Å². The SMILES string of the molecule is CCC(CC)C1OC2(c3ccccc3)OC(=N)C(C#N)(C2C)C1(C#N)C#N. The molecule has 1 aromatic rings. The molecule has 4 atom stereocenters. The molecule has 2 heterocycles. The first-order valence-corrected chi connectivity index (χ1v) is 9.19. The molecule has 0 aliphatic carbocycles. The number of nitrogens with zero attached hydrogens (tertiary/aromatic N) is 3. The summed E-state index contributed by atoms with van der Waals surface area (Å²) in [4.78, 5) is 0. The highest BCUT2D eigenvalue weighted by Crippen LogP contribution is 2.66. The first-order chi connectivity index (χ1) is 12.9. The molecule has 27 heavy (non-hydrogen) atoms. The Morgan fingerprint density at radius 1 is 1.07 bits per heavy atom. The molecule has 4 unspecified atom stereocenters. The zero-order valence-electron chi connectivity index (χ0n) is 15.7. The molecular weight excluding hydrogens is 340 g/mol. The molecule has 2 aliphatic rings. The lowest BCUT2D eigenvalue weighted by molar-refractivity contribution is -0.296. The lowest BCUT2D eigenvalue weighted by Crippen LogP contribution is -2.62. The Hall–Kier alpha value is -2.88. The summed E-state index contributed by atoms with van der Waals surface area (Å²) < 4.78 is 12.4. The van der Waals surface area contributed by atoms with Crippen molar-refractivity contribution in [2.45, 2.75) is 45.5 Å². The largest absolute Gasteiger partial charge is 0.443 e. The van der Waals surface area contributed by atoms with Crippen LogP contribution in [0.25, 0.3) is 0 Å². The highest BCUT2D eigenvalue weighted by Gasteiger charge is 2.80. The van der Waals surface area contributed by atoms with Gasteiger partial charge in [0, 0.05) is 5.56 Å². The number of rotatable bonds is 4. The fourth-order valence-electron chi connectivity index (χ4n) is 4.73. The van der Waals surface area contributed by atoms with Crippen molar-refractivity contribution in [3.8, 4) is 18.2 Å². The van der Waals surface area contributed by atoms with Crippen LogP contribution in [0.5, 0.6) is 0 Å². The van der Waals surface area contributed by atoms with Crippen molar-refractivity contribution in [3.63, 3.8) is 0 Å². The molecule has 3 rings (SSSR count). The van der Waals surface area contributed by atoms with Crippen LogP contribution < -0.4 is 0 Å². The molecule has 2 saturated heterocycles. The van der Waals surface area contributed by atoms with Crippen LogP contribution in [0, 0.1) is 62.1 Å². The van der Waals surface area contributed by atoms with E-state index in [-0.39, 0.29) is 11.8 Å². The average molecular weight is 362 g/mol. The molecule has 2 fully saturated rings. The fraction of sp³-hybridized carbons (Fsp3) is 0.524. The van der Waals surface area contributed by atoms with E-state index in [2.05, 4.69) is 18.2 Å². The molecule has 0 amide bonds. The van der Waals surface area contributed by atoms with Gasteiger partial charge in [0.15, 0.2) is 10.8 Å². The predicted molar refractivity (Wildman–Crippen MR) is 96.7 cm³/mol. The van der Waals surface area contributed by atoms with Gasteiger partial charge in [0.1, 0.15) is 0 Å². The van der Waals surface area contributed by atoms with Crippen LogP contribution in [0.15, 0.2) is 30.3 Å². The van der Waals surface area contributed by atoms with Gasteiger partial charge in [-0.05, 0) is 5.92 Å². The molecule has 2 bridgehead atoms. The average Bonchev–Trinajstić information content (AvgIpc) is 2.87. The van der Waals surface area contributed by atoms with Gasteiger partial charge in [-0.2, -0.15) is 15.8 Å². The number of benzene rings is 1. The van der Waals surface area contributed by atoms with E-state index in [1.807, 2.05) is 44.2 Å². The molecule has 0 aromatic heterocycles. The van der Waals surface area contributed by atoms with E-state index in [1.165, 1.54) is 0 Å². The Kier molecular flexibility index (Phi) is 4.46. The van der Waals surface area contributed by atoms with Crippen LogP contribution in [-0.4, -0.2) is 12.0 Å². The third-order valence-corrected chi connectivity index (χ3v) is 6.36. The molecule has 1 N–H and O–H groups in total. The number of hydrogen-bond donors (Lipinski definition) is 1. The Morgan fingerprint density at radius 2 is 1.67 bits per heavy atom. The summed E-state index contributed by atoms with van der Waals surface area (Å²) in [5.41, 5.74) is -2.83. The molecule has 1 aromatic carbocycles. The van der Waals surface area contributed by atoms with Crippen molar-refractivity contribution in [1.29, 1.82) is 21.2 Å². The summed E-state index contributed by atoms with van der Waals surface area (Å²) >= 11 is 0. The summed E-state index contributed by atoms with van der Waals surface area (Å²) in [6.07, 6.45) is 0.516. The van der Waals surface area contributed by atoms with Gasteiger partial charge >= 0.3 is 0 Å². The van der Waals surface area contributed by atoms with E-state index < -0.39 is 28.6 Å². The Labute approximate surface area is 159 Å². The summed E-state index contributed by atoms with van der Waals surface area (Å²) in [5.74, 6) is -2.55. The monoisotopic (exact) mass is 362 g/mol. The maximum absolute atomic E-state index is 10.2. The minimum atomic E-state index is -1.82. The predicted octanol–water partition coefficient (Wildman–Crippen LogP) is 3.86. The number of nitrogens with one attached hydrogen (secondary N) is 1. The van der Waals surface area contributed by atoms with Gasteiger partial charge in [0.05, 0.1) is 30.2 Å². The van der Waals surface area contributed by atoms with E-state index >= 15 is 0 Å². The number of hydrogen-bond acceptors (Lipinski definition) is 6. The Morgan fingerprint density at radius 3 is 2.15 bits per heavy atom. The number of fused-ring (bicyclic) bond motifs is 2. The molecule has 0 saturated carbocycles. The highest BCUT2D eigenvalue weighted by atomic mass is 16.7. The smallest absolute Gasteiger partial charge is 0.243 e. The normalized spacial score (nSPS) is 33.6. The Bertz CT molecular complexity index is 860. The number of nitriles is 3. The van der Waals surface area contributed by atoms with Gasteiger partial charge < -0.3 is 9.47 Å². The van der Waals surface area contributed by atoms with Crippen LogP contribution >= 0.6 is 0 Å². The van der Waals surface area contributed by atoms with E-state index in [0.29, 0.717) is 18.4 Å². The fourth-order valence-corrected chi connectivity index (χ4v) is 4.73. The summed E-state index contributed by atoms with van der Waals surface area (Å²) in [5, 5.41) is 38.9. The van der Waals surface area contributed by atoms with Crippen molar-refractivity contribution in [2.75, 3.05) is 0 Å². The van der Waals surface area contributed by atoms with Gasteiger partial charge in [-0.15, -0.1) is 0 Å². The van der Waals surface area contributed by atoms with E-state index in [4.69, 9.17) is 14.9 Å². The molecule has 138 valence electrons. The lowest BCUT2D eigenvalue weighted by Gasteiger charge is -2.50. The van der Waals surface area contributed by atoms with E-state index in [9.17, 15) is 15.8 Å². The van der Waals surface area contributed by atoms with Crippen molar-refractivity contribution in [1.82, 2.24) is 0 Å². The standard InChI is InChI=1S/C21H22N4O2/c1-4-15(5-2)17-19(11-22,12-23)20(13-24)14(3)21(26-17,27-18(20)25)16-9-7-6-8-10-16/h6-10,14-15,17,25H,4-5H2,1-3H3. The third-order valence-electron chi connectivity index (χ3n) is 6.36. The maximum Gasteiger partial charge on any atom is 0.243 e. The molecule has 6 nitrogen and oxygen atoms in total. The zero-order valence-corrected chi connectivity index (χ0v) is 15.7. The van der Waals surface area contributed by atoms with Gasteiger partial charge in [-0.3, -0.25) is 5.41 Å². The second-order valence-corrected chi connectivity index (χ2v) is 7.25. The van der Waals surface area contributed by atoms with Crippen LogP contribution in [0.2, 0.25) is 0 Å². The highest BCUT2D eigenvalue weighted by molar-refractivity contribution is 5.89. The summed E-state index contributed by atoms with van der Waals surface area (Å²) in [6, 6.07) is 15.5. The summed E-state index contributed by atoms with van der Waals surface area (Å²) in [6.45, 7) is 5.67. The third kappa shape index (κ3) is 2.04. The lowest BCUT2D eigenvalue weighted by atomic mass is 9.52. The van der Waals surface area contributed by atoms with Crippen molar-refractivity contribution in [3.05, 3.63) is 35.9 Å². The minimum Gasteiger partial charge on any atom is -0.443 e. The maximum atomic E-state index is 10.2. The van der Waals surface area contributed by atoms with Crippen LogP contribution in [0.1, 0.15) is 39.2 Å². The zero-order chi connectivity index (χ0) is 19.9. The van der Waals surface area contributed by atoms with Crippen molar-refractivity contribution < 1.29 is 9.47 Å². The molecular formula is C21H22N4O2. The van der Waals surface area contributed by atoms with Gasteiger partial charge in [-0.1, -0.05) is 63.9 Å². The molecule has 0 radical (unpaired) electrons. The quantitative estimate of drug-likeness (QED) is 0.873. The van der Waals surface area contributed by atoms with Crippen LogP contribution in [-0.2, 0) is 15.3 Å². The van der Waals surface area contributed by atoms with E-state index in [0.717, 1.165) is 0 Å². The molecule has 6 heteroatoms. The van der Waals surface area contributed by atoms with Crippen molar-refractivity contribution in [2.24, 2.45) is 22.7 Å². The molecule has 2 aliphatic heterocycles. The second kappa shape index (κ2) is 6.38. The minimum absolute atomic E-state index is 0.123. The van der Waals surface area contributed by atoms with Gasteiger partial charge in [0.25, 0.3) is 0 Å². The topological polar surface area (TPSA) is 114 Å². The Balaban J connectivity index is 2.34. The first kappa shape index (κ1) is 18.9. The molecule has 0 spiro atoms. The number of ether oxygens (including phenoxy) is 2. The van der Waals surface area contributed by atoms with Gasteiger partial charge in [-0.25, -0.2) is 0 Å². The summed E-state index contributed by atoms with van der Waals surface area (Å²) in [7, 11) is 0.